The zero-order valence-electron chi connectivity index (χ0n) is 52.9. The van der Waals surface area contributed by atoms with Gasteiger partial charge in [-0.2, -0.15) is 0 Å². The Labute approximate surface area is 505 Å². The number of allylic oxidation sites excluding steroid dienone is 25. The fourth-order valence-electron chi connectivity index (χ4n) is 8.89. The van der Waals surface area contributed by atoms with Crippen LogP contribution in [0.4, 0.5) is 0 Å². The molecule has 0 radical (unpaired) electrons. The second-order valence-electron chi connectivity index (χ2n) is 21.6. The van der Waals surface area contributed by atoms with Gasteiger partial charge in [0, 0.05) is 12.8 Å². The van der Waals surface area contributed by atoms with Gasteiger partial charge in [-0.25, -0.2) is 0 Å². The molecule has 82 heavy (non-hydrogen) atoms. The highest BCUT2D eigenvalue weighted by Crippen LogP contribution is 2.16. The van der Waals surface area contributed by atoms with E-state index in [1.165, 1.54) is 116 Å². The first-order valence-corrected chi connectivity index (χ1v) is 33.5. The summed E-state index contributed by atoms with van der Waals surface area (Å²) < 4.78 is 16.8. The van der Waals surface area contributed by atoms with Crippen LogP contribution in [0.15, 0.2) is 158 Å². The van der Waals surface area contributed by atoms with Crippen molar-refractivity contribution in [3.8, 4) is 0 Å². The average molecular weight is 1130 g/mol. The van der Waals surface area contributed by atoms with Crippen LogP contribution in [0, 0.1) is 0 Å². The van der Waals surface area contributed by atoms with Crippen molar-refractivity contribution >= 4 is 17.9 Å². The molecule has 6 nitrogen and oxygen atoms in total. The summed E-state index contributed by atoms with van der Waals surface area (Å²) in [6.45, 7) is 6.33. The quantitative estimate of drug-likeness (QED) is 0.0261. The Morgan fingerprint density at radius 1 is 0.268 bits per heavy atom. The lowest BCUT2D eigenvalue weighted by molar-refractivity contribution is -0.166. The maximum Gasteiger partial charge on any atom is 0.309 e. The largest absolute Gasteiger partial charge is 0.462 e. The molecule has 462 valence electrons. The lowest BCUT2D eigenvalue weighted by Gasteiger charge is -2.18. The van der Waals surface area contributed by atoms with Gasteiger partial charge in [-0.15, -0.1) is 0 Å². The fourth-order valence-corrected chi connectivity index (χ4v) is 8.89. The monoisotopic (exact) mass is 1130 g/mol. The molecular weight excluding hydrogens is 1010 g/mol. The first kappa shape index (κ1) is 77.0. The van der Waals surface area contributed by atoms with E-state index < -0.39 is 12.1 Å². The molecule has 0 bridgehead atoms. The van der Waals surface area contributed by atoms with Gasteiger partial charge in [-0.3, -0.25) is 14.4 Å². The van der Waals surface area contributed by atoms with Crippen molar-refractivity contribution < 1.29 is 28.6 Å². The smallest absolute Gasteiger partial charge is 0.309 e. The molecule has 0 aromatic carbocycles. The molecule has 0 saturated heterocycles. The molecule has 0 saturated carbocycles. The number of unbranched alkanes of at least 4 members (excludes halogenated alkanes) is 23. The van der Waals surface area contributed by atoms with Crippen LogP contribution in [0.2, 0.25) is 0 Å². The lowest BCUT2D eigenvalue weighted by atomic mass is 10.0. The molecule has 0 rings (SSSR count). The Balaban J connectivity index is 4.37. The van der Waals surface area contributed by atoms with E-state index in [0.717, 1.165) is 128 Å². The lowest BCUT2D eigenvalue weighted by Crippen LogP contribution is -2.30. The molecule has 0 heterocycles. The first-order chi connectivity index (χ1) is 40.5. The third-order valence-electron chi connectivity index (χ3n) is 13.8. The van der Waals surface area contributed by atoms with Gasteiger partial charge in [0.15, 0.2) is 6.10 Å². The Bertz CT molecular complexity index is 1830. The van der Waals surface area contributed by atoms with E-state index in [1.807, 2.05) is 6.08 Å². The van der Waals surface area contributed by atoms with Crippen molar-refractivity contribution in [2.24, 2.45) is 0 Å². The molecule has 0 aromatic heterocycles. The van der Waals surface area contributed by atoms with Crippen molar-refractivity contribution in [1.29, 1.82) is 0 Å². The normalized spacial score (nSPS) is 13.2. The molecule has 0 spiro atoms. The summed E-state index contributed by atoms with van der Waals surface area (Å²) in [7, 11) is 0. The zero-order valence-corrected chi connectivity index (χ0v) is 52.9. The molecule has 1 atom stereocenters. The minimum atomic E-state index is -0.827. The number of carbonyl (C=O) groups excluding carboxylic acids is 3. The molecule has 1 unspecified atom stereocenters. The van der Waals surface area contributed by atoms with Gasteiger partial charge in [0.1, 0.15) is 13.2 Å². The maximum absolute atomic E-state index is 12.9. The number of carbonyl (C=O) groups is 3. The van der Waals surface area contributed by atoms with Crippen molar-refractivity contribution in [3.63, 3.8) is 0 Å². The minimum absolute atomic E-state index is 0.116. The fraction of sp³-hybridized carbons (Fsp3) is 0.618. The van der Waals surface area contributed by atoms with Crippen molar-refractivity contribution in [2.75, 3.05) is 13.2 Å². The van der Waals surface area contributed by atoms with Crippen LogP contribution in [0.3, 0.4) is 0 Å². The van der Waals surface area contributed by atoms with Crippen LogP contribution in [-0.2, 0) is 28.6 Å². The van der Waals surface area contributed by atoms with Gasteiger partial charge in [0.05, 0.1) is 6.42 Å². The molecule has 0 amide bonds. The number of esters is 3. The Hall–Kier alpha value is -4.97. The van der Waals surface area contributed by atoms with Gasteiger partial charge in [-0.1, -0.05) is 314 Å². The van der Waals surface area contributed by atoms with Crippen LogP contribution in [0.5, 0.6) is 0 Å². The number of hydrogen-bond acceptors (Lipinski definition) is 6. The predicted molar refractivity (Wildman–Crippen MR) is 357 cm³/mol. The van der Waals surface area contributed by atoms with Crippen LogP contribution in [0.25, 0.3) is 0 Å². The summed E-state index contributed by atoms with van der Waals surface area (Å²) >= 11 is 0. The summed E-state index contributed by atoms with van der Waals surface area (Å²) in [5.41, 5.74) is 0. The highest BCUT2D eigenvalue weighted by molar-refractivity contribution is 5.72. The van der Waals surface area contributed by atoms with E-state index in [-0.39, 0.29) is 31.6 Å². The van der Waals surface area contributed by atoms with Crippen LogP contribution >= 0.6 is 0 Å². The Morgan fingerprint density at radius 2 is 0.524 bits per heavy atom. The molecule has 0 aliphatic carbocycles. The average Bonchev–Trinajstić information content (AvgIpc) is 3.47. The molecule has 0 fully saturated rings. The van der Waals surface area contributed by atoms with E-state index in [2.05, 4.69) is 167 Å². The standard InChI is InChI=1S/C76H122O6/c1-4-7-10-13-16-19-22-25-28-30-31-32-33-34-35-36-37-38-39-40-41-42-43-44-45-46-49-51-54-57-60-63-66-69-75(78)81-72-73(71-80-74(77)68-65-62-59-56-53-50-47-27-24-21-18-15-12-9-6-3)82-76(79)70-67-64-61-58-55-52-48-29-26-23-20-17-14-11-8-5-2/h7,9-10,12,16,18-19,21,25,27-28,31-32,34-35,37-38,40-41,43-44,47,53,56,62,65,73H,4-6,8,11,13-15,17,20,22-24,26,29-30,33,36,39,42,45-46,48-52,54-55,57-61,63-64,66-72H2,1-3H3/b10-7-,12-9-,19-16-,21-18-,28-25-,32-31-,35-34-,38-37-,41-40-,44-43-,47-27-,56-53-,65-62-. The van der Waals surface area contributed by atoms with Gasteiger partial charge in [0.25, 0.3) is 0 Å². The summed E-state index contributed by atoms with van der Waals surface area (Å²) in [5.74, 6) is -1.05. The third-order valence-corrected chi connectivity index (χ3v) is 13.8. The van der Waals surface area contributed by atoms with Crippen LogP contribution < -0.4 is 0 Å². The number of rotatable bonds is 59. The number of ether oxygens (including phenoxy) is 3. The maximum atomic E-state index is 12.9. The predicted octanol–water partition coefficient (Wildman–Crippen LogP) is 23.3. The minimum Gasteiger partial charge on any atom is -0.462 e. The second-order valence-corrected chi connectivity index (χ2v) is 21.6. The molecule has 0 N–H and O–H groups in total. The second kappa shape index (κ2) is 68.5. The Morgan fingerprint density at radius 3 is 0.854 bits per heavy atom. The molecule has 0 aliphatic heterocycles. The van der Waals surface area contributed by atoms with E-state index in [4.69, 9.17) is 14.2 Å². The van der Waals surface area contributed by atoms with Gasteiger partial charge < -0.3 is 14.2 Å². The van der Waals surface area contributed by atoms with E-state index in [1.54, 1.807) is 6.08 Å². The Kier molecular flexibility index (Phi) is 64.4. The first-order valence-electron chi connectivity index (χ1n) is 33.5. The molecule has 0 aliphatic rings. The van der Waals surface area contributed by atoms with E-state index in [0.29, 0.717) is 12.8 Å². The van der Waals surface area contributed by atoms with E-state index in [9.17, 15) is 14.4 Å². The third kappa shape index (κ3) is 65.8. The number of hydrogen-bond donors (Lipinski definition) is 0. The van der Waals surface area contributed by atoms with Crippen molar-refractivity contribution in [2.45, 2.75) is 290 Å². The van der Waals surface area contributed by atoms with Gasteiger partial charge in [0.2, 0.25) is 0 Å². The van der Waals surface area contributed by atoms with Crippen LogP contribution in [-0.4, -0.2) is 37.2 Å². The molecule has 0 aromatic rings. The summed E-state index contributed by atoms with van der Waals surface area (Å²) in [4.78, 5) is 38.3. The topological polar surface area (TPSA) is 78.9 Å². The van der Waals surface area contributed by atoms with Gasteiger partial charge in [-0.05, 0) is 109 Å². The van der Waals surface area contributed by atoms with Gasteiger partial charge >= 0.3 is 17.9 Å². The van der Waals surface area contributed by atoms with Crippen molar-refractivity contribution in [1.82, 2.24) is 0 Å². The summed E-state index contributed by atoms with van der Waals surface area (Å²) in [5, 5.41) is 0. The summed E-state index contributed by atoms with van der Waals surface area (Å²) in [6.07, 6.45) is 100.0. The SMILES string of the molecule is CC/C=C\C/C=C\C/C=C\C/C=C\C/C=C\C/C=C\C/C=C\C/C=C\CCCCCCCCCCC(=O)OCC(COC(=O)C/C=C\C/C=C\C/C=C\C/C=C\C/C=C\CC)OC(=O)CCCCCCCCCCCCCCCCCC. The van der Waals surface area contributed by atoms with E-state index >= 15 is 0 Å². The highest BCUT2D eigenvalue weighted by Gasteiger charge is 2.19. The highest BCUT2D eigenvalue weighted by atomic mass is 16.6. The summed E-state index contributed by atoms with van der Waals surface area (Å²) in [6, 6.07) is 0. The van der Waals surface area contributed by atoms with Crippen molar-refractivity contribution in [3.05, 3.63) is 158 Å². The zero-order chi connectivity index (χ0) is 59.2. The molecular formula is C76H122O6. The molecule has 6 heteroatoms. The van der Waals surface area contributed by atoms with Crippen LogP contribution in [0.1, 0.15) is 284 Å².